The van der Waals surface area contributed by atoms with E-state index in [9.17, 15) is 9.59 Å². The van der Waals surface area contributed by atoms with Gasteiger partial charge >= 0.3 is 5.97 Å². The molecule has 2 aromatic carbocycles. The molecule has 3 rings (SSSR count). The second-order valence-corrected chi connectivity index (χ2v) is 7.00. The van der Waals surface area contributed by atoms with Crippen LogP contribution in [0, 0.1) is 6.92 Å². The number of ether oxygens (including phenoxy) is 1. The Kier molecular flexibility index (Phi) is 6.51. The van der Waals surface area contributed by atoms with Crippen molar-refractivity contribution in [2.24, 2.45) is 0 Å². The Morgan fingerprint density at radius 2 is 1.83 bits per heavy atom. The topological polar surface area (TPSA) is 86.1 Å². The molecule has 1 N–H and O–H groups in total. The molecule has 9 heteroatoms. The summed E-state index contributed by atoms with van der Waals surface area (Å²) in [6.45, 7) is 4.20. The lowest BCUT2D eigenvalue weighted by atomic mass is 10.2. The van der Waals surface area contributed by atoms with Crippen LogP contribution in [0.4, 0.5) is 5.69 Å². The molecule has 0 radical (unpaired) electrons. The van der Waals surface area contributed by atoms with E-state index >= 15 is 0 Å². The highest BCUT2D eigenvalue weighted by atomic mass is 35.5. The lowest BCUT2D eigenvalue weighted by Gasteiger charge is -2.07. The number of nitrogens with zero attached hydrogens (tertiary/aromatic N) is 3. The number of halogens is 2. The van der Waals surface area contributed by atoms with Crippen LogP contribution in [0.1, 0.15) is 39.0 Å². The van der Waals surface area contributed by atoms with Gasteiger partial charge in [-0.15, -0.1) is 5.10 Å². The smallest absolute Gasteiger partial charge is 0.338 e. The summed E-state index contributed by atoms with van der Waals surface area (Å²) in [7, 11) is 0. The van der Waals surface area contributed by atoms with E-state index in [1.807, 2.05) is 6.07 Å². The van der Waals surface area contributed by atoms with Gasteiger partial charge in [0.25, 0.3) is 5.91 Å². The third kappa shape index (κ3) is 4.93. The summed E-state index contributed by atoms with van der Waals surface area (Å²) in [5.41, 5.74) is 2.64. The van der Waals surface area contributed by atoms with Gasteiger partial charge in [0.05, 0.1) is 34.5 Å². The number of carbonyl (C=O) groups excluding carboxylic acids is 2. The summed E-state index contributed by atoms with van der Waals surface area (Å²) in [6, 6.07) is 11.7. The van der Waals surface area contributed by atoms with Crippen molar-refractivity contribution in [2.75, 3.05) is 11.9 Å². The fourth-order valence-electron chi connectivity index (χ4n) is 2.63. The van der Waals surface area contributed by atoms with Crippen LogP contribution in [-0.2, 0) is 11.3 Å². The Morgan fingerprint density at radius 1 is 1.10 bits per heavy atom. The van der Waals surface area contributed by atoms with Gasteiger partial charge in [0, 0.05) is 5.69 Å². The Balaban J connectivity index is 1.70. The number of rotatable bonds is 6. The molecule has 0 saturated heterocycles. The number of carbonyl (C=O) groups is 2. The normalized spacial score (nSPS) is 10.6. The number of amides is 1. The van der Waals surface area contributed by atoms with Crippen molar-refractivity contribution in [1.82, 2.24) is 15.0 Å². The first kappa shape index (κ1) is 20.8. The fourth-order valence-corrected chi connectivity index (χ4v) is 2.95. The fraction of sp³-hybridized carbons (Fsp3) is 0.200. The van der Waals surface area contributed by atoms with E-state index < -0.39 is 11.9 Å². The van der Waals surface area contributed by atoms with E-state index in [0.717, 1.165) is 5.56 Å². The van der Waals surface area contributed by atoms with Crippen molar-refractivity contribution in [2.45, 2.75) is 20.4 Å². The van der Waals surface area contributed by atoms with Crippen molar-refractivity contribution in [3.05, 3.63) is 75.0 Å². The summed E-state index contributed by atoms with van der Waals surface area (Å²) < 4.78 is 6.55. The van der Waals surface area contributed by atoms with Crippen LogP contribution < -0.4 is 5.32 Å². The number of hydrogen-bond donors (Lipinski definition) is 1. The zero-order valence-electron chi connectivity index (χ0n) is 15.8. The molecule has 0 spiro atoms. The molecule has 0 aliphatic carbocycles. The number of hydrogen-bond acceptors (Lipinski definition) is 5. The molecule has 0 unspecified atom stereocenters. The molecule has 7 nitrogen and oxygen atoms in total. The van der Waals surface area contributed by atoms with E-state index in [2.05, 4.69) is 15.6 Å². The van der Waals surface area contributed by atoms with Crippen molar-refractivity contribution in [3.63, 3.8) is 0 Å². The van der Waals surface area contributed by atoms with Gasteiger partial charge in [-0.3, -0.25) is 4.79 Å². The Morgan fingerprint density at radius 3 is 2.48 bits per heavy atom. The van der Waals surface area contributed by atoms with Gasteiger partial charge in [-0.1, -0.05) is 34.5 Å². The minimum absolute atomic E-state index is 0.208. The molecular weight excluding hydrogens is 415 g/mol. The molecule has 1 aromatic heterocycles. The minimum atomic E-state index is -0.411. The number of benzene rings is 2. The van der Waals surface area contributed by atoms with Gasteiger partial charge in [0.2, 0.25) is 0 Å². The summed E-state index contributed by atoms with van der Waals surface area (Å²) in [5.74, 6) is -0.807. The molecule has 0 atom stereocenters. The van der Waals surface area contributed by atoms with E-state index in [0.29, 0.717) is 40.1 Å². The lowest BCUT2D eigenvalue weighted by molar-refractivity contribution is 0.0526. The molecule has 0 bridgehead atoms. The van der Waals surface area contributed by atoms with Crippen LogP contribution in [0.3, 0.4) is 0 Å². The van der Waals surface area contributed by atoms with Gasteiger partial charge < -0.3 is 10.1 Å². The molecule has 150 valence electrons. The van der Waals surface area contributed by atoms with Crippen molar-refractivity contribution in [3.8, 4) is 0 Å². The first-order chi connectivity index (χ1) is 13.9. The van der Waals surface area contributed by atoms with E-state index in [4.69, 9.17) is 27.9 Å². The van der Waals surface area contributed by atoms with Crippen LogP contribution in [0.5, 0.6) is 0 Å². The number of esters is 1. The van der Waals surface area contributed by atoms with Crippen molar-refractivity contribution in [1.29, 1.82) is 0 Å². The lowest BCUT2D eigenvalue weighted by Crippen LogP contribution is -2.14. The van der Waals surface area contributed by atoms with Crippen molar-refractivity contribution < 1.29 is 14.3 Å². The van der Waals surface area contributed by atoms with Crippen LogP contribution in [0.15, 0.2) is 42.5 Å². The molecule has 1 heterocycles. The maximum Gasteiger partial charge on any atom is 0.338 e. The average molecular weight is 433 g/mol. The first-order valence-corrected chi connectivity index (χ1v) is 9.57. The SMILES string of the molecule is CCOC(=O)c1ccc(NC(=O)c2nnn(Cc3ccc(Cl)c(Cl)c3)c2C)cc1. The zero-order chi connectivity index (χ0) is 21.0. The minimum Gasteiger partial charge on any atom is -0.462 e. The predicted molar refractivity (Wildman–Crippen MR) is 111 cm³/mol. The maximum absolute atomic E-state index is 12.6. The summed E-state index contributed by atoms with van der Waals surface area (Å²) in [5, 5.41) is 11.7. The second kappa shape index (κ2) is 9.07. The van der Waals surface area contributed by atoms with Gasteiger partial charge in [-0.05, 0) is 55.8 Å². The van der Waals surface area contributed by atoms with Crippen LogP contribution in [0.2, 0.25) is 10.0 Å². The first-order valence-electron chi connectivity index (χ1n) is 8.81. The number of aromatic nitrogens is 3. The number of anilines is 1. The Hall–Kier alpha value is -2.90. The van der Waals surface area contributed by atoms with Gasteiger partial charge in [-0.25, -0.2) is 9.48 Å². The van der Waals surface area contributed by atoms with E-state index in [1.165, 1.54) is 0 Å². The largest absolute Gasteiger partial charge is 0.462 e. The van der Waals surface area contributed by atoms with E-state index in [1.54, 1.807) is 54.9 Å². The zero-order valence-corrected chi connectivity index (χ0v) is 17.3. The summed E-state index contributed by atoms with van der Waals surface area (Å²) in [6.07, 6.45) is 0. The maximum atomic E-state index is 12.6. The van der Waals surface area contributed by atoms with Crippen LogP contribution in [0.25, 0.3) is 0 Å². The van der Waals surface area contributed by atoms with Crippen molar-refractivity contribution >= 4 is 40.8 Å². The monoisotopic (exact) mass is 432 g/mol. The number of nitrogens with one attached hydrogen (secondary N) is 1. The van der Waals surface area contributed by atoms with Crippen LogP contribution >= 0.6 is 23.2 Å². The molecule has 0 fully saturated rings. The Labute approximate surface area is 177 Å². The third-order valence-corrected chi connectivity index (χ3v) is 4.91. The molecule has 0 aliphatic rings. The molecular formula is C20H18Cl2N4O3. The van der Waals surface area contributed by atoms with Crippen LogP contribution in [-0.4, -0.2) is 33.5 Å². The van der Waals surface area contributed by atoms with Gasteiger partial charge in [0.1, 0.15) is 0 Å². The quantitative estimate of drug-likeness (QED) is 0.584. The summed E-state index contributed by atoms with van der Waals surface area (Å²) >= 11 is 12.0. The third-order valence-electron chi connectivity index (χ3n) is 4.17. The van der Waals surface area contributed by atoms with E-state index in [-0.39, 0.29) is 5.69 Å². The second-order valence-electron chi connectivity index (χ2n) is 6.18. The predicted octanol–water partition coefficient (Wildman–Crippen LogP) is 4.37. The highest BCUT2D eigenvalue weighted by molar-refractivity contribution is 6.42. The molecule has 0 saturated carbocycles. The van der Waals surface area contributed by atoms with Gasteiger partial charge in [-0.2, -0.15) is 0 Å². The molecule has 1 amide bonds. The molecule has 29 heavy (non-hydrogen) atoms. The highest BCUT2D eigenvalue weighted by Crippen LogP contribution is 2.23. The molecule has 3 aromatic rings. The molecule has 0 aliphatic heterocycles. The average Bonchev–Trinajstić information content (AvgIpc) is 3.06. The standard InChI is InChI=1S/C20H18Cl2N4O3/c1-3-29-20(28)14-5-7-15(8-6-14)23-19(27)18-12(2)26(25-24-18)11-13-4-9-16(21)17(22)10-13/h4-10H,3,11H2,1-2H3,(H,23,27). The highest BCUT2D eigenvalue weighted by Gasteiger charge is 2.17. The van der Waals surface area contributed by atoms with Gasteiger partial charge in [0.15, 0.2) is 5.69 Å². The Bertz CT molecular complexity index is 1050. The summed E-state index contributed by atoms with van der Waals surface area (Å²) in [4.78, 5) is 24.3.